The zero-order chi connectivity index (χ0) is 20.8. The lowest BCUT2D eigenvalue weighted by atomic mass is 9.94. The zero-order valence-corrected chi connectivity index (χ0v) is 17.1. The molecule has 29 heavy (non-hydrogen) atoms. The summed E-state index contributed by atoms with van der Waals surface area (Å²) in [6, 6.07) is 8.90. The van der Waals surface area contributed by atoms with Crippen LogP contribution in [0.4, 0.5) is 0 Å². The van der Waals surface area contributed by atoms with E-state index >= 15 is 0 Å². The van der Waals surface area contributed by atoms with E-state index in [1.807, 2.05) is 25.1 Å². The van der Waals surface area contributed by atoms with Gasteiger partial charge < -0.3 is 14.8 Å². The molecule has 1 saturated carbocycles. The maximum atomic E-state index is 12.7. The predicted molar refractivity (Wildman–Crippen MR) is 110 cm³/mol. The molecule has 0 aromatic carbocycles. The molecule has 1 fully saturated rings. The Bertz CT molecular complexity index is 932. The number of nitrogens with zero attached hydrogens (tertiary/aromatic N) is 3. The molecular formula is C22H28N4O3. The van der Waals surface area contributed by atoms with Crippen LogP contribution in [0.15, 0.2) is 41.3 Å². The minimum atomic E-state index is -0.472. The van der Waals surface area contributed by atoms with E-state index in [9.17, 15) is 14.4 Å². The molecule has 7 heteroatoms. The van der Waals surface area contributed by atoms with Gasteiger partial charge in [0.2, 0.25) is 5.91 Å². The smallest absolute Gasteiger partial charge is 0.263 e. The minimum Gasteiger partial charge on any atom is -0.346 e. The molecule has 0 saturated heterocycles. The van der Waals surface area contributed by atoms with Gasteiger partial charge in [0.1, 0.15) is 12.1 Å². The summed E-state index contributed by atoms with van der Waals surface area (Å²) in [4.78, 5) is 44.0. The van der Waals surface area contributed by atoms with Crippen molar-refractivity contribution in [3.63, 3.8) is 0 Å². The van der Waals surface area contributed by atoms with Crippen LogP contribution in [0, 0.1) is 6.92 Å². The van der Waals surface area contributed by atoms with Crippen molar-refractivity contribution in [1.29, 1.82) is 0 Å². The fraction of sp³-hybridized carbons (Fsp3) is 0.455. The summed E-state index contributed by atoms with van der Waals surface area (Å²) < 4.78 is 1.31. The Morgan fingerprint density at radius 2 is 1.93 bits per heavy atom. The van der Waals surface area contributed by atoms with Crippen LogP contribution in [-0.2, 0) is 17.9 Å². The monoisotopic (exact) mass is 396 g/mol. The van der Waals surface area contributed by atoms with Crippen LogP contribution >= 0.6 is 0 Å². The van der Waals surface area contributed by atoms with Crippen molar-refractivity contribution >= 4 is 11.8 Å². The van der Waals surface area contributed by atoms with Crippen LogP contribution < -0.4 is 10.9 Å². The number of aromatic nitrogens is 2. The maximum Gasteiger partial charge on any atom is 0.263 e. The fourth-order valence-electron chi connectivity index (χ4n) is 3.73. The number of hydrogen-bond donors (Lipinski definition) is 1. The average Bonchev–Trinajstić information content (AvgIpc) is 2.73. The van der Waals surface area contributed by atoms with Gasteiger partial charge >= 0.3 is 0 Å². The summed E-state index contributed by atoms with van der Waals surface area (Å²) in [5.74, 6) is -0.582. The van der Waals surface area contributed by atoms with E-state index in [0.29, 0.717) is 0 Å². The number of rotatable bonds is 6. The van der Waals surface area contributed by atoms with Gasteiger partial charge in [0.15, 0.2) is 0 Å². The highest BCUT2D eigenvalue weighted by Crippen LogP contribution is 2.21. The first-order valence-corrected chi connectivity index (χ1v) is 10.1. The summed E-state index contributed by atoms with van der Waals surface area (Å²) in [6.45, 7) is 2.05. The first-order valence-electron chi connectivity index (χ1n) is 10.1. The number of amides is 2. The zero-order valence-electron chi connectivity index (χ0n) is 17.1. The van der Waals surface area contributed by atoms with Gasteiger partial charge in [-0.15, -0.1) is 0 Å². The van der Waals surface area contributed by atoms with Crippen molar-refractivity contribution < 1.29 is 9.59 Å². The lowest BCUT2D eigenvalue weighted by Crippen LogP contribution is -2.42. The third-order valence-electron chi connectivity index (χ3n) is 5.46. The van der Waals surface area contributed by atoms with Gasteiger partial charge in [0.25, 0.3) is 11.5 Å². The van der Waals surface area contributed by atoms with Gasteiger partial charge in [0, 0.05) is 25.0 Å². The third-order valence-corrected chi connectivity index (χ3v) is 5.46. The molecule has 0 atom stereocenters. The normalized spacial score (nSPS) is 14.4. The quantitative estimate of drug-likeness (QED) is 0.812. The van der Waals surface area contributed by atoms with E-state index in [0.717, 1.165) is 37.1 Å². The summed E-state index contributed by atoms with van der Waals surface area (Å²) in [5, 5.41) is 2.73. The number of likely N-dealkylation sites (N-methyl/N-ethyl adjacent to an activating group) is 1. The molecule has 2 aromatic rings. The Labute approximate surface area is 170 Å². The Hall–Kier alpha value is -2.96. The molecule has 0 bridgehead atoms. The maximum absolute atomic E-state index is 12.7. The standard InChI is InChI=1S/C22H28N4O3/c1-16-8-6-9-17(24-16)14-23-21(28)19-12-7-13-26(22(19)29)15-20(27)25(2)18-10-4-3-5-11-18/h6-9,12-13,18H,3-5,10-11,14-15H2,1-2H3,(H,23,28). The molecule has 0 spiro atoms. The van der Waals surface area contributed by atoms with Crippen molar-refractivity contribution in [1.82, 2.24) is 19.8 Å². The Balaban J connectivity index is 1.66. The lowest BCUT2D eigenvalue weighted by Gasteiger charge is -2.31. The second-order valence-electron chi connectivity index (χ2n) is 7.60. The SMILES string of the molecule is Cc1cccc(CNC(=O)c2cccn(CC(=O)N(C)C3CCCCC3)c2=O)n1. The van der Waals surface area contributed by atoms with E-state index < -0.39 is 11.5 Å². The third kappa shape index (κ3) is 5.31. The van der Waals surface area contributed by atoms with Gasteiger partial charge in [-0.3, -0.25) is 19.4 Å². The molecule has 2 heterocycles. The summed E-state index contributed by atoms with van der Waals surface area (Å²) in [6.07, 6.45) is 7.04. The first kappa shape index (κ1) is 20.8. The van der Waals surface area contributed by atoms with E-state index in [-0.39, 0.29) is 30.6 Å². The second kappa shape index (κ2) is 9.49. The molecule has 0 aliphatic heterocycles. The van der Waals surface area contributed by atoms with Crippen LogP contribution in [0.3, 0.4) is 0 Å². The molecule has 0 unspecified atom stereocenters. The minimum absolute atomic E-state index is 0.0215. The highest BCUT2D eigenvalue weighted by atomic mass is 16.2. The summed E-state index contributed by atoms with van der Waals surface area (Å²) in [7, 11) is 1.80. The molecule has 2 amide bonds. The molecule has 0 radical (unpaired) electrons. The first-order chi connectivity index (χ1) is 14.0. The molecule has 7 nitrogen and oxygen atoms in total. The van der Waals surface area contributed by atoms with Crippen LogP contribution in [0.25, 0.3) is 0 Å². The van der Waals surface area contributed by atoms with E-state index in [1.54, 1.807) is 24.2 Å². The molecule has 154 valence electrons. The van der Waals surface area contributed by atoms with E-state index in [1.165, 1.54) is 17.1 Å². The second-order valence-corrected chi connectivity index (χ2v) is 7.60. The van der Waals surface area contributed by atoms with Crippen LogP contribution in [0.2, 0.25) is 0 Å². The van der Waals surface area contributed by atoms with Crippen LogP contribution in [-0.4, -0.2) is 39.4 Å². The average molecular weight is 396 g/mol. The van der Waals surface area contributed by atoms with Crippen molar-refractivity contribution in [2.45, 2.75) is 58.2 Å². The Kier molecular flexibility index (Phi) is 6.80. The van der Waals surface area contributed by atoms with Gasteiger partial charge in [0.05, 0.1) is 12.2 Å². The summed E-state index contributed by atoms with van der Waals surface area (Å²) in [5.41, 5.74) is 1.14. The molecule has 1 aliphatic rings. The number of aryl methyl sites for hydroxylation is 1. The van der Waals surface area contributed by atoms with Gasteiger partial charge in [-0.2, -0.15) is 0 Å². The van der Waals surface area contributed by atoms with Crippen LogP contribution in [0.5, 0.6) is 0 Å². The Morgan fingerprint density at radius 3 is 2.66 bits per heavy atom. The number of hydrogen-bond acceptors (Lipinski definition) is 4. The highest BCUT2D eigenvalue weighted by molar-refractivity contribution is 5.93. The van der Waals surface area contributed by atoms with Crippen molar-refractivity contribution in [2.75, 3.05) is 7.05 Å². The van der Waals surface area contributed by atoms with Crippen molar-refractivity contribution in [2.24, 2.45) is 0 Å². The molecule has 1 aliphatic carbocycles. The molecule has 2 aromatic heterocycles. The fourth-order valence-corrected chi connectivity index (χ4v) is 3.73. The number of pyridine rings is 2. The van der Waals surface area contributed by atoms with E-state index in [2.05, 4.69) is 10.3 Å². The highest BCUT2D eigenvalue weighted by Gasteiger charge is 2.23. The number of carbonyl (C=O) groups excluding carboxylic acids is 2. The van der Waals surface area contributed by atoms with Crippen molar-refractivity contribution in [3.05, 3.63) is 63.8 Å². The number of nitrogens with one attached hydrogen (secondary N) is 1. The lowest BCUT2D eigenvalue weighted by molar-refractivity contribution is -0.133. The van der Waals surface area contributed by atoms with Gasteiger partial charge in [-0.25, -0.2) is 0 Å². The predicted octanol–water partition coefficient (Wildman–Crippen LogP) is 2.27. The van der Waals surface area contributed by atoms with Crippen LogP contribution in [0.1, 0.15) is 53.8 Å². The number of carbonyl (C=O) groups is 2. The molecule has 3 rings (SSSR count). The Morgan fingerprint density at radius 1 is 1.17 bits per heavy atom. The topological polar surface area (TPSA) is 84.3 Å². The van der Waals surface area contributed by atoms with Crippen molar-refractivity contribution in [3.8, 4) is 0 Å². The largest absolute Gasteiger partial charge is 0.346 e. The van der Waals surface area contributed by atoms with Gasteiger partial charge in [-0.1, -0.05) is 25.3 Å². The van der Waals surface area contributed by atoms with E-state index in [4.69, 9.17) is 0 Å². The molecule has 1 N–H and O–H groups in total. The summed E-state index contributed by atoms with van der Waals surface area (Å²) >= 11 is 0. The molecular weight excluding hydrogens is 368 g/mol. The van der Waals surface area contributed by atoms with Gasteiger partial charge in [-0.05, 0) is 44.0 Å².